The van der Waals surface area contributed by atoms with Gasteiger partial charge in [0.25, 0.3) is 0 Å². The molecule has 1 fully saturated rings. The molecule has 1 aliphatic rings. The van der Waals surface area contributed by atoms with Gasteiger partial charge in [0.05, 0.1) is 16.8 Å². The second-order valence-corrected chi connectivity index (χ2v) is 9.87. The van der Waals surface area contributed by atoms with Gasteiger partial charge in [0, 0.05) is 18.1 Å². The van der Waals surface area contributed by atoms with Gasteiger partial charge >= 0.3 is 18.9 Å². The quantitative estimate of drug-likeness (QED) is 0.463. The Labute approximate surface area is 204 Å². The minimum absolute atomic E-state index is 0. The maximum absolute atomic E-state index is 12.3. The zero-order chi connectivity index (χ0) is 22.1. The Balaban J connectivity index is 0.000000404. The number of sulfone groups is 1. The van der Waals surface area contributed by atoms with Crippen LogP contribution in [0, 0.1) is 20.8 Å². The molecule has 0 spiro atoms. The molecular formula is C23H30ClLiN2O3S-2. The number of benzene rings is 2. The zero-order valence-corrected chi connectivity index (χ0v) is 20.0. The number of halogens is 1. The van der Waals surface area contributed by atoms with E-state index in [9.17, 15) is 8.42 Å². The third-order valence-electron chi connectivity index (χ3n) is 4.68. The molecule has 1 heterocycles. The van der Waals surface area contributed by atoms with Crippen molar-refractivity contribution in [1.29, 1.82) is 0 Å². The molecule has 1 aliphatic heterocycles. The van der Waals surface area contributed by atoms with Crippen molar-refractivity contribution in [2.24, 2.45) is 0 Å². The van der Waals surface area contributed by atoms with Gasteiger partial charge in [-0.25, -0.2) is 8.42 Å². The fourth-order valence-electron chi connectivity index (χ4n) is 2.91. The van der Waals surface area contributed by atoms with Crippen LogP contribution in [-0.4, -0.2) is 57.9 Å². The molecule has 0 saturated carbocycles. The van der Waals surface area contributed by atoms with E-state index >= 15 is 0 Å². The molecule has 0 amide bonds. The van der Waals surface area contributed by atoms with Crippen LogP contribution < -0.4 is 28.9 Å². The van der Waals surface area contributed by atoms with Gasteiger partial charge < -0.3 is 35.7 Å². The molecular weight excluding hydrogens is 427 g/mol. The first kappa shape index (κ1) is 28.0. The van der Waals surface area contributed by atoms with Crippen molar-refractivity contribution in [3.8, 4) is 5.75 Å². The van der Waals surface area contributed by atoms with Crippen LogP contribution in [0.5, 0.6) is 5.75 Å². The Morgan fingerprint density at radius 1 is 1.19 bits per heavy atom. The molecule has 5 nitrogen and oxygen atoms in total. The number of hydrogen-bond acceptors (Lipinski definition) is 5. The summed E-state index contributed by atoms with van der Waals surface area (Å²) < 4.78 is 30.2. The van der Waals surface area contributed by atoms with E-state index in [4.69, 9.17) is 16.3 Å². The summed E-state index contributed by atoms with van der Waals surface area (Å²) in [6, 6.07) is 14.3. The SMILES string of the molecule is [CH2-]CN[C@@H]([CH2-])COc1ccc(S(=O)(=O)C2CN(C)C2)cc1.[CH2-]Cc1cccc(Cl)c1.[Li+]. The number of likely N-dealkylation sites (tertiary alicyclic amines) is 1. The van der Waals surface area contributed by atoms with Crippen LogP contribution in [0.15, 0.2) is 53.4 Å². The van der Waals surface area contributed by atoms with Crippen molar-refractivity contribution in [3.05, 3.63) is 79.9 Å². The minimum atomic E-state index is -3.22. The Morgan fingerprint density at radius 3 is 2.32 bits per heavy atom. The van der Waals surface area contributed by atoms with Gasteiger partial charge in [-0.05, 0) is 43.4 Å². The standard InChI is InChI=1S/C15H22N2O3S.C8H8Cl.Li/c1-4-16-12(2)11-20-13-5-7-14(8-6-13)21(18,19)15-9-17(3)10-15;1-2-7-4-3-5-8(9)6-7;/h5-8,12,15-16H,1-2,4,9-11H2,3H3;3-6H,1-2H2;/q-2;-1;+1/t12-;;/m0../s1. The smallest absolute Gasteiger partial charge is 0.495 e. The molecule has 2 aromatic carbocycles. The van der Waals surface area contributed by atoms with E-state index in [1.54, 1.807) is 24.3 Å². The van der Waals surface area contributed by atoms with Gasteiger partial charge in [0.1, 0.15) is 5.75 Å². The molecule has 1 N–H and O–H groups in total. The van der Waals surface area contributed by atoms with E-state index in [1.807, 2.05) is 36.2 Å². The largest absolute Gasteiger partial charge is 1.00 e. The van der Waals surface area contributed by atoms with Crippen molar-refractivity contribution in [2.75, 3.05) is 33.3 Å². The van der Waals surface area contributed by atoms with Crippen molar-refractivity contribution < 1.29 is 32.0 Å². The third kappa shape index (κ3) is 8.80. The second-order valence-electron chi connectivity index (χ2n) is 7.20. The number of ether oxygens (including phenoxy) is 1. The van der Waals surface area contributed by atoms with Gasteiger partial charge in [-0.2, -0.15) is 6.42 Å². The summed E-state index contributed by atoms with van der Waals surface area (Å²) in [5.74, 6) is 0.638. The van der Waals surface area contributed by atoms with Gasteiger partial charge in [-0.3, -0.25) is 0 Å². The molecule has 3 rings (SSSR count). The first-order valence-corrected chi connectivity index (χ1v) is 11.7. The first-order valence-electron chi connectivity index (χ1n) is 9.81. The summed E-state index contributed by atoms with van der Waals surface area (Å²) in [7, 11) is -1.31. The molecule has 2 aromatic rings. The summed E-state index contributed by atoms with van der Waals surface area (Å²) in [5.41, 5.74) is 1.18. The van der Waals surface area contributed by atoms with Crippen LogP contribution in [0.1, 0.15) is 5.56 Å². The average molecular weight is 457 g/mol. The number of nitrogens with zero attached hydrogens (tertiary/aromatic N) is 1. The Hall–Kier alpha value is -1.00. The van der Waals surface area contributed by atoms with E-state index in [0.29, 0.717) is 36.9 Å². The Morgan fingerprint density at radius 2 is 1.84 bits per heavy atom. The molecule has 0 bridgehead atoms. The van der Waals surface area contributed by atoms with E-state index in [1.165, 1.54) is 5.56 Å². The summed E-state index contributed by atoms with van der Waals surface area (Å²) in [6.45, 7) is 13.5. The van der Waals surface area contributed by atoms with Crippen molar-refractivity contribution in [2.45, 2.75) is 22.6 Å². The summed E-state index contributed by atoms with van der Waals surface area (Å²) >= 11 is 5.70. The van der Waals surface area contributed by atoms with E-state index in [2.05, 4.69) is 26.1 Å². The molecule has 31 heavy (non-hydrogen) atoms. The molecule has 166 valence electrons. The zero-order valence-electron chi connectivity index (χ0n) is 18.4. The van der Waals surface area contributed by atoms with Crippen LogP contribution in [0.25, 0.3) is 0 Å². The van der Waals surface area contributed by atoms with Crippen molar-refractivity contribution in [3.63, 3.8) is 0 Å². The third-order valence-corrected chi connectivity index (χ3v) is 7.02. The normalized spacial score (nSPS) is 15.1. The maximum Gasteiger partial charge on any atom is 1.00 e. The monoisotopic (exact) mass is 456 g/mol. The van der Waals surface area contributed by atoms with E-state index in [0.717, 1.165) is 11.4 Å². The topological polar surface area (TPSA) is 58.6 Å². The molecule has 1 atom stereocenters. The van der Waals surface area contributed by atoms with Gasteiger partial charge in [0.2, 0.25) is 0 Å². The summed E-state index contributed by atoms with van der Waals surface area (Å²) in [4.78, 5) is 2.35. The van der Waals surface area contributed by atoms with Crippen molar-refractivity contribution in [1.82, 2.24) is 10.2 Å². The Kier molecular flexibility index (Phi) is 12.2. The number of rotatable bonds is 8. The van der Waals surface area contributed by atoms with Gasteiger partial charge in [-0.15, -0.1) is 6.54 Å². The Bertz CT molecular complexity index is 888. The van der Waals surface area contributed by atoms with Crippen LogP contribution >= 0.6 is 11.6 Å². The van der Waals surface area contributed by atoms with Crippen LogP contribution in [-0.2, 0) is 16.3 Å². The van der Waals surface area contributed by atoms with Gasteiger partial charge in [0.15, 0.2) is 9.84 Å². The van der Waals surface area contributed by atoms with E-state index in [-0.39, 0.29) is 30.2 Å². The van der Waals surface area contributed by atoms with Gasteiger partial charge in [-0.1, -0.05) is 35.3 Å². The molecule has 0 unspecified atom stereocenters. The summed E-state index contributed by atoms with van der Waals surface area (Å²) in [6.07, 6.45) is 0.806. The molecule has 0 aromatic heterocycles. The molecule has 0 aliphatic carbocycles. The average Bonchev–Trinajstić information content (AvgIpc) is 2.71. The minimum Gasteiger partial charge on any atom is -0.495 e. The first-order chi connectivity index (χ1) is 14.3. The maximum atomic E-state index is 12.3. The fourth-order valence-corrected chi connectivity index (χ4v) is 4.92. The second kappa shape index (κ2) is 13.5. The number of hydrogen-bond donors (Lipinski definition) is 1. The van der Waals surface area contributed by atoms with E-state index < -0.39 is 9.84 Å². The summed E-state index contributed by atoms with van der Waals surface area (Å²) in [5, 5.41) is 3.53. The fraction of sp³-hybridized carbons (Fsp3) is 0.348. The number of nitrogens with one attached hydrogen (secondary N) is 1. The van der Waals surface area contributed by atoms with Crippen LogP contribution in [0.4, 0.5) is 0 Å². The molecule has 0 radical (unpaired) electrons. The predicted molar refractivity (Wildman–Crippen MR) is 123 cm³/mol. The van der Waals surface area contributed by atoms with Crippen LogP contribution in [0.2, 0.25) is 5.02 Å². The van der Waals surface area contributed by atoms with Crippen molar-refractivity contribution >= 4 is 21.4 Å². The molecule has 8 heteroatoms. The molecule has 1 saturated heterocycles. The predicted octanol–water partition coefficient (Wildman–Crippen LogP) is 0.500. The van der Waals surface area contributed by atoms with Crippen LogP contribution in [0.3, 0.4) is 0 Å².